The van der Waals surface area contributed by atoms with Crippen molar-refractivity contribution in [2.24, 2.45) is 11.7 Å². The van der Waals surface area contributed by atoms with E-state index in [0.29, 0.717) is 6.54 Å². The minimum Gasteiger partial charge on any atom is -0.341 e. The molecule has 4 heteroatoms. The van der Waals surface area contributed by atoms with Gasteiger partial charge in [0.15, 0.2) is 0 Å². The van der Waals surface area contributed by atoms with E-state index in [1.54, 1.807) is 0 Å². The Labute approximate surface area is 96.9 Å². The lowest BCUT2D eigenvalue weighted by Gasteiger charge is -2.17. The van der Waals surface area contributed by atoms with Crippen LogP contribution in [-0.4, -0.2) is 23.1 Å². The average Bonchev–Trinajstić information content (AvgIpc) is 2.76. The Bertz CT molecular complexity index is 364. The number of aryl methyl sites for hydroxylation is 1. The Kier molecular flexibility index (Phi) is 3.39. The van der Waals surface area contributed by atoms with Crippen molar-refractivity contribution in [2.45, 2.75) is 33.2 Å². The summed E-state index contributed by atoms with van der Waals surface area (Å²) in [6.07, 6.45) is 2.50. The highest BCUT2D eigenvalue weighted by Crippen LogP contribution is 2.23. The molecule has 1 atom stereocenters. The Morgan fingerprint density at radius 1 is 1.50 bits per heavy atom. The van der Waals surface area contributed by atoms with Gasteiger partial charge in [0.05, 0.1) is 5.69 Å². The van der Waals surface area contributed by atoms with Crippen LogP contribution >= 0.6 is 0 Å². The summed E-state index contributed by atoms with van der Waals surface area (Å²) in [6.45, 7) is 6.89. The lowest BCUT2D eigenvalue weighted by Crippen LogP contribution is -2.23. The molecule has 1 aliphatic heterocycles. The molecule has 0 aromatic carbocycles. The number of hydrogen-bond acceptors (Lipinski definition) is 4. The summed E-state index contributed by atoms with van der Waals surface area (Å²) in [6, 6.07) is 1.96. The predicted octanol–water partition coefficient (Wildman–Crippen LogP) is 1.48. The SMILES string of the molecule is CCC1CCN(c2nc(C)cc(CN)n2)C1. The first kappa shape index (κ1) is 11.3. The van der Waals surface area contributed by atoms with E-state index >= 15 is 0 Å². The van der Waals surface area contributed by atoms with Gasteiger partial charge in [0.25, 0.3) is 0 Å². The summed E-state index contributed by atoms with van der Waals surface area (Å²) in [5.74, 6) is 1.65. The summed E-state index contributed by atoms with van der Waals surface area (Å²) in [5.41, 5.74) is 7.57. The summed E-state index contributed by atoms with van der Waals surface area (Å²) in [7, 11) is 0. The summed E-state index contributed by atoms with van der Waals surface area (Å²) in [4.78, 5) is 11.3. The number of nitrogens with zero attached hydrogens (tertiary/aromatic N) is 3. The maximum Gasteiger partial charge on any atom is 0.225 e. The highest BCUT2D eigenvalue weighted by Gasteiger charge is 2.23. The van der Waals surface area contributed by atoms with Crippen molar-refractivity contribution < 1.29 is 0 Å². The van der Waals surface area contributed by atoms with Gasteiger partial charge in [0.1, 0.15) is 0 Å². The van der Waals surface area contributed by atoms with Crippen molar-refractivity contribution in [2.75, 3.05) is 18.0 Å². The summed E-state index contributed by atoms with van der Waals surface area (Å²) in [5, 5.41) is 0. The third-order valence-electron chi connectivity index (χ3n) is 3.25. The van der Waals surface area contributed by atoms with Crippen LogP contribution in [0.4, 0.5) is 5.95 Å². The second kappa shape index (κ2) is 4.78. The highest BCUT2D eigenvalue weighted by molar-refractivity contribution is 5.33. The zero-order valence-corrected chi connectivity index (χ0v) is 10.1. The van der Waals surface area contributed by atoms with Crippen LogP contribution in [0, 0.1) is 12.8 Å². The maximum atomic E-state index is 5.63. The van der Waals surface area contributed by atoms with E-state index in [4.69, 9.17) is 5.73 Å². The van der Waals surface area contributed by atoms with Crippen molar-refractivity contribution in [1.29, 1.82) is 0 Å². The van der Waals surface area contributed by atoms with Gasteiger partial charge in [0, 0.05) is 25.3 Å². The molecule has 0 amide bonds. The molecular weight excluding hydrogens is 200 g/mol. The second-order valence-electron chi connectivity index (χ2n) is 4.51. The molecule has 0 saturated carbocycles. The minimum atomic E-state index is 0.488. The van der Waals surface area contributed by atoms with Crippen molar-refractivity contribution >= 4 is 5.95 Å². The van der Waals surface area contributed by atoms with E-state index in [-0.39, 0.29) is 0 Å². The zero-order valence-electron chi connectivity index (χ0n) is 10.1. The monoisotopic (exact) mass is 220 g/mol. The van der Waals surface area contributed by atoms with Gasteiger partial charge in [0.2, 0.25) is 5.95 Å². The molecule has 0 radical (unpaired) electrons. The molecule has 0 bridgehead atoms. The van der Waals surface area contributed by atoms with Crippen molar-refractivity contribution in [3.05, 3.63) is 17.5 Å². The third kappa shape index (κ3) is 2.32. The molecule has 1 aliphatic rings. The highest BCUT2D eigenvalue weighted by atomic mass is 15.3. The topological polar surface area (TPSA) is 55.0 Å². The normalized spacial score (nSPS) is 20.4. The Hall–Kier alpha value is -1.16. The van der Waals surface area contributed by atoms with E-state index in [0.717, 1.165) is 36.3 Å². The Morgan fingerprint density at radius 2 is 2.31 bits per heavy atom. The summed E-state index contributed by atoms with van der Waals surface area (Å²) >= 11 is 0. The van der Waals surface area contributed by atoms with Crippen molar-refractivity contribution in [3.63, 3.8) is 0 Å². The van der Waals surface area contributed by atoms with Crippen molar-refractivity contribution in [1.82, 2.24) is 9.97 Å². The Morgan fingerprint density at radius 3 is 2.94 bits per heavy atom. The molecule has 0 aliphatic carbocycles. The van der Waals surface area contributed by atoms with Crippen LogP contribution in [0.25, 0.3) is 0 Å². The Balaban J connectivity index is 2.17. The quantitative estimate of drug-likeness (QED) is 0.838. The number of hydrogen-bond donors (Lipinski definition) is 1. The second-order valence-corrected chi connectivity index (χ2v) is 4.51. The molecule has 1 unspecified atom stereocenters. The molecular formula is C12H20N4. The van der Waals surface area contributed by atoms with Gasteiger partial charge in [-0.2, -0.15) is 0 Å². The lowest BCUT2D eigenvalue weighted by molar-refractivity contribution is 0.568. The van der Waals surface area contributed by atoms with Gasteiger partial charge in [-0.15, -0.1) is 0 Å². The molecule has 88 valence electrons. The van der Waals surface area contributed by atoms with Crippen molar-refractivity contribution in [3.8, 4) is 0 Å². The van der Waals surface area contributed by atoms with Crippen LogP contribution in [0.15, 0.2) is 6.07 Å². The molecule has 1 aromatic heterocycles. The summed E-state index contributed by atoms with van der Waals surface area (Å²) < 4.78 is 0. The lowest BCUT2D eigenvalue weighted by atomic mass is 10.1. The van der Waals surface area contributed by atoms with Crippen LogP contribution in [0.3, 0.4) is 0 Å². The first-order valence-corrected chi connectivity index (χ1v) is 6.02. The van der Waals surface area contributed by atoms with Gasteiger partial charge >= 0.3 is 0 Å². The zero-order chi connectivity index (χ0) is 11.5. The van der Waals surface area contributed by atoms with E-state index in [2.05, 4.69) is 21.8 Å². The fraction of sp³-hybridized carbons (Fsp3) is 0.667. The third-order valence-corrected chi connectivity index (χ3v) is 3.25. The van der Waals surface area contributed by atoms with Crippen LogP contribution in [0.2, 0.25) is 0 Å². The number of nitrogens with two attached hydrogens (primary N) is 1. The van der Waals surface area contributed by atoms with Gasteiger partial charge in [-0.1, -0.05) is 13.3 Å². The number of aromatic nitrogens is 2. The van der Waals surface area contributed by atoms with E-state index in [1.165, 1.54) is 12.8 Å². The fourth-order valence-electron chi connectivity index (χ4n) is 2.21. The molecule has 2 rings (SSSR count). The smallest absolute Gasteiger partial charge is 0.225 e. The molecule has 16 heavy (non-hydrogen) atoms. The number of anilines is 1. The molecule has 1 fully saturated rings. The van der Waals surface area contributed by atoms with Gasteiger partial charge in [-0.05, 0) is 25.3 Å². The predicted molar refractivity (Wildman–Crippen MR) is 65.3 cm³/mol. The molecule has 1 aromatic rings. The van der Waals surface area contributed by atoms with Crippen LogP contribution in [0.1, 0.15) is 31.2 Å². The molecule has 4 nitrogen and oxygen atoms in total. The fourth-order valence-corrected chi connectivity index (χ4v) is 2.21. The van der Waals surface area contributed by atoms with E-state index in [1.807, 2.05) is 13.0 Å². The molecule has 1 saturated heterocycles. The van der Waals surface area contributed by atoms with Gasteiger partial charge in [-0.25, -0.2) is 9.97 Å². The first-order chi connectivity index (χ1) is 7.72. The number of rotatable bonds is 3. The standard InChI is InChI=1S/C12H20N4/c1-3-10-4-5-16(8-10)12-14-9(2)6-11(7-13)15-12/h6,10H,3-5,7-8,13H2,1-2H3. The van der Waals surface area contributed by atoms with Gasteiger partial charge < -0.3 is 10.6 Å². The maximum absolute atomic E-state index is 5.63. The molecule has 2 heterocycles. The van der Waals surface area contributed by atoms with E-state index in [9.17, 15) is 0 Å². The molecule has 0 spiro atoms. The van der Waals surface area contributed by atoms with Crippen LogP contribution < -0.4 is 10.6 Å². The largest absolute Gasteiger partial charge is 0.341 e. The van der Waals surface area contributed by atoms with Gasteiger partial charge in [-0.3, -0.25) is 0 Å². The van der Waals surface area contributed by atoms with Crippen LogP contribution in [-0.2, 0) is 6.54 Å². The van der Waals surface area contributed by atoms with Crippen LogP contribution in [0.5, 0.6) is 0 Å². The average molecular weight is 220 g/mol. The first-order valence-electron chi connectivity index (χ1n) is 6.02. The van der Waals surface area contributed by atoms with E-state index < -0.39 is 0 Å². The molecule has 2 N–H and O–H groups in total. The minimum absolute atomic E-state index is 0.488.